The number of para-hydroxylation sites is 2. The van der Waals surface area contributed by atoms with Crippen LogP contribution in [0.25, 0.3) is 76.7 Å². The van der Waals surface area contributed by atoms with Crippen molar-refractivity contribution in [1.29, 1.82) is 0 Å². The van der Waals surface area contributed by atoms with Crippen molar-refractivity contribution < 1.29 is 87.9 Å². The van der Waals surface area contributed by atoms with Gasteiger partial charge in [0.1, 0.15) is 34.9 Å². The third-order valence-corrected chi connectivity index (χ3v) is 20.3. The Morgan fingerprint density at radius 3 is 1.38 bits per heavy atom. The molecule has 125 heavy (non-hydrogen) atoms. The zero-order valence-corrected chi connectivity index (χ0v) is 69.7. The van der Waals surface area contributed by atoms with Crippen LogP contribution < -0.4 is 52.4 Å². The Hall–Kier alpha value is -14.1. The minimum absolute atomic E-state index is 0.0684. The van der Waals surface area contributed by atoms with Crippen molar-refractivity contribution in [2.45, 2.75) is 40.0 Å². The molecule has 2 fully saturated rings. The van der Waals surface area contributed by atoms with E-state index in [9.17, 15) is 64.7 Å². The molecule has 0 aliphatic carbocycles. The maximum atomic E-state index is 13.8. The summed E-state index contributed by atoms with van der Waals surface area (Å²) < 4.78 is 127. The summed E-state index contributed by atoms with van der Waals surface area (Å²) in [6, 6.07) is 35.1. The first-order valence-corrected chi connectivity index (χ1v) is 40.5. The molecule has 9 heterocycles. The first-order valence-electron chi connectivity index (χ1n) is 39.4. The number of aromatic nitrogens is 12. The molecular formula is C84H86BrF6N17O17. The summed E-state index contributed by atoms with van der Waals surface area (Å²) in [6.07, 6.45) is 0.440. The highest BCUT2D eigenvalue weighted by Crippen LogP contribution is 2.32. The van der Waals surface area contributed by atoms with Crippen LogP contribution in [-0.4, -0.2) is 208 Å². The number of oxazole rings is 2. The Balaban J connectivity index is 0.000000144. The van der Waals surface area contributed by atoms with E-state index in [4.69, 9.17) is 48.1 Å². The number of nitrogens with zero attached hydrogens (tertiary/aromatic N) is 12. The van der Waals surface area contributed by atoms with E-state index in [2.05, 4.69) is 71.2 Å². The van der Waals surface area contributed by atoms with Crippen LogP contribution in [0.2, 0.25) is 0 Å². The second-order valence-corrected chi connectivity index (χ2v) is 28.7. The lowest BCUT2D eigenvalue weighted by Gasteiger charge is -2.35. The van der Waals surface area contributed by atoms with Crippen LogP contribution in [0, 0.1) is 34.9 Å². The number of fused-ring (bicyclic) bond motifs is 7. The van der Waals surface area contributed by atoms with Gasteiger partial charge in [-0.2, -0.15) is 14.0 Å². The topological polar surface area (TPSA) is 404 Å². The molecule has 15 aromatic rings. The molecule has 34 nitrogen and oxygen atoms in total. The molecule has 0 saturated carbocycles. The molecule has 41 heteroatoms. The number of aryl methyl sites for hydroxylation is 2. The smallest absolute Gasteiger partial charge is 0.435 e. The Bertz CT molecular complexity index is 6590. The minimum Gasteiger partial charge on any atom is -0.478 e. The van der Waals surface area contributed by atoms with E-state index in [1.807, 2.05) is 36.4 Å². The Kier molecular flexibility index (Phi) is 30.0. The normalized spacial score (nSPS) is 12.8. The van der Waals surface area contributed by atoms with Crippen LogP contribution in [0.15, 0.2) is 174 Å². The lowest BCUT2D eigenvalue weighted by molar-refractivity contribution is 0.0697. The number of carbonyl (C=O) groups is 4. The van der Waals surface area contributed by atoms with E-state index in [0.717, 1.165) is 150 Å². The van der Waals surface area contributed by atoms with Crippen LogP contribution in [0.5, 0.6) is 17.6 Å². The van der Waals surface area contributed by atoms with Crippen LogP contribution in [0.1, 0.15) is 50.4 Å². The van der Waals surface area contributed by atoms with Gasteiger partial charge >= 0.3 is 35.8 Å². The Labute approximate surface area is 712 Å². The second-order valence-electron chi connectivity index (χ2n) is 27.9. The number of benzene rings is 8. The number of anilines is 3. The average molecular weight is 1800 g/mol. The fourth-order valence-corrected chi connectivity index (χ4v) is 13.8. The van der Waals surface area contributed by atoms with Crippen molar-refractivity contribution in [2.75, 3.05) is 126 Å². The van der Waals surface area contributed by atoms with E-state index >= 15 is 0 Å². The highest BCUT2D eigenvalue weighted by molar-refractivity contribution is 9.09. The highest BCUT2D eigenvalue weighted by Gasteiger charge is 2.26. The maximum Gasteiger partial charge on any atom is 0.435 e. The first-order chi connectivity index (χ1) is 60.2. The average Bonchev–Trinajstić information content (AvgIpc) is 1.64. The Morgan fingerprint density at radius 2 is 0.896 bits per heavy atom. The lowest BCUT2D eigenvalue weighted by atomic mass is 10.2. The maximum absolute atomic E-state index is 13.8. The van der Waals surface area contributed by atoms with Crippen molar-refractivity contribution in [3.8, 4) is 17.6 Å². The molecule has 17 rings (SSSR count). The molecule has 8 aromatic carbocycles. The first kappa shape index (κ1) is 90.2. The summed E-state index contributed by atoms with van der Waals surface area (Å²) in [6.45, 7) is 15.7. The van der Waals surface area contributed by atoms with Gasteiger partial charge in [0.2, 0.25) is 17.6 Å². The number of piperazine rings is 2. The molecular weight excluding hydrogens is 1710 g/mol. The number of ether oxygens (including phenoxy) is 6. The fraction of sp³-hybridized carbons (Fsp3) is 0.298. The number of aromatic amines is 4. The summed E-state index contributed by atoms with van der Waals surface area (Å²) in [5.74, 6) is -3.72. The van der Waals surface area contributed by atoms with Gasteiger partial charge in [-0.1, -0.05) is 28.1 Å². The summed E-state index contributed by atoms with van der Waals surface area (Å²) in [7, 11) is 3.43. The fourth-order valence-electron chi connectivity index (χ4n) is 13.5. The number of nitrogens with one attached hydrogen (secondary N) is 4. The van der Waals surface area contributed by atoms with Gasteiger partial charge in [-0.15, -0.1) is 15.3 Å². The summed E-state index contributed by atoms with van der Waals surface area (Å²) in [5, 5.41) is 33.8. The number of hydrogen-bond donors (Lipinski definition) is 6. The zero-order valence-electron chi connectivity index (χ0n) is 68.1. The highest BCUT2D eigenvalue weighted by atomic mass is 79.9. The standard InChI is InChI=1S/C25H28FN5O5.C22H24FN5O3.C13H14BrFN2O3.C10H9FN2O3.C7H5FN2O.C7H6FNO2/c1-3-34-25(33)31-19-9-8-17(26)16-18(19)23(27-31)35-15-5-10-29-11-13-30(14-12-29)21-7-4-6-20-22(21)36-24(32)28(20)2;1-26-18-4-2-5-19(20(18)31-22(26)29)28-11-9-27(10-12-28)8-3-13-30-21-16-14-15(23)6-7-17(16)24-25-21;1-2-19-13(18)17-11-5-4-9(15)8-10(11)12(16-17)20-7-3-6-14;1-2-16-10(15)13-8-4-3-6(11)5-7(8)9(14)12-13;8-4-1-2-6-5(3-4)7(11)10-9-6;8-4-1-2-6(9)5(3-4)7(10)11/h4,6-9,16H,3,5,10-15H2,1-2H3;2,4-7,14H,3,8-13H2,1H3,(H,24,25);4-5,8H,2-3,6-7H2,1H3;3-5H,2H2,1H3,(H,12,14);1-3H,(H2,9,10,11);1-3H,9H2,(H,10,11). The molecule has 0 unspecified atom stereocenters. The van der Waals surface area contributed by atoms with Crippen molar-refractivity contribution in [3.63, 3.8) is 0 Å². The van der Waals surface area contributed by atoms with Gasteiger partial charge in [0.05, 0.1) is 122 Å². The molecule has 0 spiro atoms. The van der Waals surface area contributed by atoms with Gasteiger partial charge < -0.3 is 57.9 Å². The van der Waals surface area contributed by atoms with Crippen molar-refractivity contribution in [1.82, 2.24) is 68.7 Å². The van der Waals surface area contributed by atoms with Crippen molar-refractivity contribution >= 4 is 134 Å². The van der Waals surface area contributed by atoms with Crippen LogP contribution >= 0.6 is 15.9 Å². The van der Waals surface area contributed by atoms with Crippen LogP contribution in [-0.2, 0) is 28.3 Å². The number of aromatic carboxylic acids is 1. The van der Waals surface area contributed by atoms with E-state index in [1.165, 1.54) is 94.1 Å². The third-order valence-electron chi connectivity index (χ3n) is 19.7. The number of nitrogen functional groups attached to an aromatic ring is 1. The van der Waals surface area contributed by atoms with Crippen LogP contribution in [0.3, 0.4) is 0 Å². The zero-order chi connectivity index (χ0) is 89.1. The molecule has 2 saturated heterocycles. The van der Waals surface area contributed by atoms with Gasteiger partial charge in [0.25, 0.3) is 11.1 Å². The number of nitrogens with two attached hydrogens (primary N) is 1. The molecule has 0 amide bonds. The van der Waals surface area contributed by atoms with Crippen molar-refractivity contribution in [2.24, 2.45) is 14.1 Å². The van der Waals surface area contributed by atoms with Crippen LogP contribution in [0.4, 0.5) is 57.8 Å². The molecule has 7 aromatic heterocycles. The van der Waals surface area contributed by atoms with Gasteiger partial charge in [-0.3, -0.25) is 48.9 Å². The van der Waals surface area contributed by atoms with E-state index in [0.29, 0.717) is 80.5 Å². The predicted molar refractivity (Wildman–Crippen MR) is 456 cm³/mol. The molecule has 0 atom stereocenters. The SMILES string of the molecule is CCOC(=O)n1[nH]c(=O)c2cc(F)ccc21.CCOC(=O)n1nc(OCCCBr)c2cc(F)ccc21.CCOC(=O)n1nc(OCCCN2CCN(c3cccc4c3oc(=O)n4C)CC2)c2cc(F)ccc21.Cn1c(=O)oc2c(N3CCN(CCCOc4n[nH]c5ccc(F)cc45)CC3)cccc21.Nc1ccc(F)cc1C(=O)O.O=c1[nH][nH]c2ccc(F)cc12. The lowest BCUT2D eigenvalue weighted by Crippen LogP contribution is -2.46. The number of rotatable bonds is 20. The number of carboxylic acid groups (broad SMARTS) is 1. The number of halogens is 7. The number of carboxylic acids is 1. The molecule has 7 N–H and O–H groups in total. The van der Waals surface area contributed by atoms with E-state index in [-0.39, 0.29) is 71.1 Å². The number of hydrogen-bond acceptors (Lipinski definition) is 24. The molecule has 2 aliphatic heterocycles. The Morgan fingerprint density at radius 1 is 0.472 bits per heavy atom. The molecule has 0 radical (unpaired) electrons. The summed E-state index contributed by atoms with van der Waals surface area (Å²) in [5.41, 5.74) is 11.6. The van der Waals surface area contributed by atoms with Gasteiger partial charge in [-0.05, 0) is 173 Å². The van der Waals surface area contributed by atoms with Gasteiger partial charge in [0, 0.05) is 90.6 Å². The van der Waals surface area contributed by atoms with Gasteiger partial charge in [-0.25, -0.2) is 55.1 Å². The number of carbonyl (C=O) groups excluding carboxylic acids is 3. The quantitative estimate of drug-likeness (QED) is 0.0136. The number of alkyl halides is 1. The largest absolute Gasteiger partial charge is 0.478 e. The van der Waals surface area contributed by atoms with Gasteiger partial charge in [0.15, 0.2) is 11.2 Å². The third kappa shape index (κ3) is 21.9. The van der Waals surface area contributed by atoms with E-state index in [1.54, 1.807) is 40.9 Å². The summed E-state index contributed by atoms with van der Waals surface area (Å²) >= 11 is 3.29. The van der Waals surface area contributed by atoms with Crippen molar-refractivity contribution in [3.05, 3.63) is 228 Å². The molecule has 658 valence electrons. The predicted octanol–water partition coefficient (Wildman–Crippen LogP) is 12.9. The molecule has 0 bridgehead atoms. The minimum atomic E-state index is -1.22. The van der Waals surface area contributed by atoms with E-state index < -0.39 is 58.9 Å². The second kappa shape index (κ2) is 41.7. The molecule has 2 aliphatic rings. The number of H-pyrrole nitrogens is 4. The summed E-state index contributed by atoms with van der Waals surface area (Å²) in [4.78, 5) is 101. The monoisotopic (exact) mass is 1800 g/mol.